The van der Waals surface area contributed by atoms with Gasteiger partial charge in [0, 0.05) is 17.8 Å². The highest BCUT2D eigenvalue weighted by Crippen LogP contribution is 2.42. The molecule has 1 heterocycles. The van der Waals surface area contributed by atoms with Gasteiger partial charge in [0.15, 0.2) is 0 Å². The molecule has 0 aliphatic heterocycles. The number of hydrogen-bond acceptors (Lipinski definition) is 4. The van der Waals surface area contributed by atoms with Gasteiger partial charge >= 0.3 is 0 Å². The SMILES string of the molecule is CCCn1ncnc1CNCC1(SC)CCC1. The van der Waals surface area contributed by atoms with Crippen molar-refractivity contribution in [3.05, 3.63) is 12.2 Å². The molecule has 5 heteroatoms. The summed E-state index contributed by atoms with van der Waals surface area (Å²) in [6.07, 6.45) is 9.06. The molecule has 0 unspecified atom stereocenters. The lowest BCUT2D eigenvalue weighted by molar-refractivity contribution is 0.343. The van der Waals surface area contributed by atoms with Crippen molar-refractivity contribution in [2.24, 2.45) is 0 Å². The van der Waals surface area contributed by atoms with E-state index >= 15 is 0 Å². The molecule has 0 atom stereocenters. The van der Waals surface area contributed by atoms with Gasteiger partial charge in [-0.1, -0.05) is 13.3 Å². The summed E-state index contributed by atoms with van der Waals surface area (Å²) in [5.74, 6) is 1.06. The summed E-state index contributed by atoms with van der Waals surface area (Å²) < 4.78 is 2.50. The molecular weight excluding hydrogens is 232 g/mol. The number of thioether (sulfide) groups is 1. The topological polar surface area (TPSA) is 42.7 Å². The molecular formula is C12H22N4S. The van der Waals surface area contributed by atoms with Crippen LogP contribution in [0.4, 0.5) is 0 Å². The zero-order chi connectivity index (χ0) is 12.1. The largest absolute Gasteiger partial charge is 0.308 e. The molecule has 1 aromatic rings. The predicted octanol–water partition coefficient (Wildman–Crippen LogP) is 2.06. The van der Waals surface area contributed by atoms with Crippen LogP contribution in [-0.2, 0) is 13.1 Å². The van der Waals surface area contributed by atoms with E-state index in [1.165, 1.54) is 19.3 Å². The number of nitrogens with zero attached hydrogens (tertiary/aromatic N) is 3. The van der Waals surface area contributed by atoms with Crippen molar-refractivity contribution in [2.75, 3.05) is 12.8 Å². The number of aryl methyl sites for hydroxylation is 1. The Morgan fingerprint density at radius 1 is 1.53 bits per heavy atom. The maximum Gasteiger partial charge on any atom is 0.140 e. The molecule has 1 saturated carbocycles. The Morgan fingerprint density at radius 3 is 2.94 bits per heavy atom. The van der Waals surface area contributed by atoms with E-state index in [0.717, 1.165) is 31.9 Å². The van der Waals surface area contributed by atoms with Gasteiger partial charge in [-0.05, 0) is 25.5 Å². The lowest BCUT2D eigenvalue weighted by atomic mass is 9.84. The minimum atomic E-state index is 0.496. The van der Waals surface area contributed by atoms with E-state index in [9.17, 15) is 0 Å². The summed E-state index contributed by atoms with van der Waals surface area (Å²) in [6, 6.07) is 0. The molecule has 1 fully saturated rings. The van der Waals surface area contributed by atoms with E-state index in [0.29, 0.717) is 4.75 Å². The summed E-state index contributed by atoms with van der Waals surface area (Å²) >= 11 is 2.01. The fourth-order valence-corrected chi connectivity index (χ4v) is 3.19. The second kappa shape index (κ2) is 5.87. The number of aromatic nitrogens is 3. The molecule has 1 aliphatic rings. The van der Waals surface area contributed by atoms with Crippen molar-refractivity contribution in [1.82, 2.24) is 20.1 Å². The Labute approximate surface area is 108 Å². The maximum absolute atomic E-state index is 4.31. The molecule has 2 rings (SSSR count). The average Bonchev–Trinajstić information content (AvgIpc) is 2.71. The Hall–Kier alpha value is -0.550. The fraction of sp³-hybridized carbons (Fsp3) is 0.833. The van der Waals surface area contributed by atoms with Gasteiger partial charge in [0.05, 0.1) is 6.54 Å². The van der Waals surface area contributed by atoms with Crippen molar-refractivity contribution < 1.29 is 0 Å². The van der Waals surface area contributed by atoms with E-state index < -0.39 is 0 Å². The summed E-state index contributed by atoms with van der Waals surface area (Å²) in [4.78, 5) is 4.31. The first kappa shape index (κ1) is 12.9. The molecule has 17 heavy (non-hydrogen) atoms. The second-order valence-electron chi connectivity index (χ2n) is 4.74. The molecule has 1 aromatic heterocycles. The molecule has 0 saturated heterocycles. The highest BCUT2D eigenvalue weighted by molar-refractivity contribution is 8.00. The number of nitrogens with one attached hydrogen (secondary N) is 1. The number of hydrogen-bond donors (Lipinski definition) is 1. The van der Waals surface area contributed by atoms with E-state index in [4.69, 9.17) is 0 Å². The first-order valence-corrected chi connectivity index (χ1v) is 7.65. The smallest absolute Gasteiger partial charge is 0.140 e. The lowest BCUT2D eigenvalue weighted by Gasteiger charge is -2.40. The zero-order valence-corrected chi connectivity index (χ0v) is 11.6. The van der Waals surface area contributed by atoms with Crippen molar-refractivity contribution in [1.29, 1.82) is 0 Å². The van der Waals surface area contributed by atoms with Crippen LogP contribution < -0.4 is 5.32 Å². The summed E-state index contributed by atoms with van der Waals surface area (Å²) in [5.41, 5.74) is 0. The predicted molar refractivity (Wildman–Crippen MR) is 72.1 cm³/mol. The molecule has 0 amide bonds. The summed E-state index contributed by atoms with van der Waals surface area (Å²) in [5, 5.41) is 7.77. The third-order valence-electron chi connectivity index (χ3n) is 3.56. The van der Waals surface area contributed by atoms with Crippen molar-refractivity contribution in [2.45, 2.75) is 50.4 Å². The quantitative estimate of drug-likeness (QED) is 0.809. The standard InChI is InChI=1S/C12H22N4S/c1-3-7-16-11(14-10-15-16)8-13-9-12(17-2)5-4-6-12/h10,13H,3-9H2,1-2H3. The minimum Gasteiger partial charge on any atom is -0.308 e. The minimum absolute atomic E-state index is 0.496. The van der Waals surface area contributed by atoms with E-state index in [-0.39, 0.29) is 0 Å². The van der Waals surface area contributed by atoms with Gasteiger partial charge in [0.1, 0.15) is 12.2 Å². The van der Waals surface area contributed by atoms with E-state index in [1.54, 1.807) is 6.33 Å². The zero-order valence-electron chi connectivity index (χ0n) is 10.8. The Balaban J connectivity index is 1.79. The van der Waals surface area contributed by atoms with Gasteiger partial charge in [-0.3, -0.25) is 0 Å². The van der Waals surface area contributed by atoms with Gasteiger partial charge in [0.25, 0.3) is 0 Å². The van der Waals surface area contributed by atoms with Gasteiger partial charge in [-0.2, -0.15) is 16.9 Å². The van der Waals surface area contributed by atoms with Gasteiger partial charge < -0.3 is 5.32 Å². The third kappa shape index (κ3) is 3.01. The monoisotopic (exact) mass is 254 g/mol. The van der Waals surface area contributed by atoms with Crippen LogP contribution in [0.15, 0.2) is 6.33 Å². The Morgan fingerprint density at radius 2 is 2.35 bits per heavy atom. The average molecular weight is 254 g/mol. The van der Waals surface area contributed by atoms with Crippen LogP contribution in [0.2, 0.25) is 0 Å². The van der Waals surface area contributed by atoms with Crippen LogP contribution in [0.25, 0.3) is 0 Å². The van der Waals surface area contributed by atoms with Gasteiger partial charge in [-0.15, -0.1) is 0 Å². The molecule has 1 N–H and O–H groups in total. The van der Waals surface area contributed by atoms with Crippen LogP contribution in [0.1, 0.15) is 38.4 Å². The molecule has 0 aromatic carbocycles. The van der Waals surface area contributed by atoms with Crippen LogP contribution >= 0.6 is 11.8 Å². The summed E-state index contributed by atoms with van der Waals surface area (Å²) in [7, 11) is 0. The fourth-order valence-electron chi connectivity index (χ4n) is 2.25. The Kier molecular flexibility index (Phi) is 4.45. The number of rotatable bonds is 7. The first-order chi connectivity index (χ1) is 8.29. The van der Waals surface area contributed by atoms with Crippen LogP contribution in [0, 0.1) is 0 Å². The van der Waals surface area contributed by atoms with Gasteiger partial charge in [0.2, 0.25) is 0 Å². The van der Waals surface area contributed by atoms with Crippen molar-refractivity contribution >= 4 is 11.8 Å². The van der Waals surface area contributed by atoms with Crippen LogP contribution in [0.5, 0.6) is 0 Å². The van der Waals surface area contributed by atoms with Crippen LogP contribution in [-0.4, -0.2) is 32.3 Å². The third-order valence-corrected chi connectivity index (χ3v) is 4.98. The summed E-state index contributed by atoms with van der Waals surface area (Å²) in [6.45, 7) is 5.05. The van der Waals surface area contributed by atoms with Gasteiger partial charge in [-0.25, -0.2) is 9.67 Å². The molecule has 1 aliphatic carbocycles. The molecule has 96 valence electrons. The molecule has 0 bridgehead atoms. The normalized spacial score (nSPS) is 18.0. The highest BCUT2D eigenvalue weighted by Gasteiger charge is 2.35. The molecule has 4 nitrogen and oxygen atoms in total. The first-order valence-electron chi connectivity index (χ1n) is 6.42. The van der Waals surface area contributed by atoms with Crippen molar-refractivity contribution in [3.8, 4) is 0 Å². The highest BCUT2D eigenvalue weighted by atomic mass is 32.2. The van der Waals surface area contributed by atoms with Crippen molar-refractivity contribution in [3.63, 3.8) is 0 Å². The maximum atomic E-state index is 4.31. The second-order valence-corrected chi connectivity index (χ2v) is 6.02. The van der Waals surface area contributed by atoms with Crippen LogP contribution in [0.3, 0.4) is 0 Å². The lowest BCUT2D eigenvalue weighted by Crippen LogP contribution is -2.43. The van der Waals surface area contributed by atoms with E-state index in [1.807, 2.05) is 16.4 Å². The molecule has 0 spiro atoms. The molecule has 0 radical (unpaired) electrons. The van der Waals surface area contributed by atoms with E-state index in [2.05, 4.69) is 28.6 Å². The Bertz CT molecular complexity index is 341.